The van der Waals surface area contributed by atoms with Gasteiger partial charge in [0.15, 0.2) is 5.76 Å². The molecule has 180 valence electrons. The number of rotatable bonds is 8. The van der Waals surface area contributed by atoms with Crippen molar-refractivity contribution in [3.63, 3.8) is 0 Å². The smallest absolute Gasteiger partial charge is 0.294 e. The Bertz CT molecular complexity index is 1620. The Morgan fingerprint density at radius 1 is 0.889 bits per heavy atom. The molecule has 0 aliphatic heterocycles. The van der Waals surface area contributed by atoms with Crippen LogP contribution in [0.3, 0.4) is 0 Å². The molecule has 6 aromatic rings. The van der Waals surface area contributed by atoms with Crippen LogP contribution in [0, 0.1) is 0 Å². The molecule has 0 fully saturated rings. The molecule has 8 nitrogen and oxygen atoms in total. The summed E-state index contributed by atoms with van der Waals surface area (Å²) >= 11 is 1.36. The molecule has 0 aliphatic carbocycles. The van der Waals surface area contributed by atoms with E-state index < -0.39 is 0 Å². The summed E-state index contributed by atoms with van der Waals surface area (Å²) in [7, 11) is 3.20. The number of hydrogen-bond acceptors (Lipinski definition) is 8. The van der Waals surface area contributed by atoms with Crippen LogP contribution in [0.1, 0.15) is 5.56 Å². The second-order valence-electron chi connectivity index (χ2n) is 7.92. The van der Waals surface area contributed by atoms with E-state index in [1.165, 1.54) is 11.3 Å². The first-order chi connectivity index (χ1) is 17.7. The van der Waals surface area contributed by atoms with Gasteiger partial charge in [-0.1, -0.05) is 30.3 Å². The minimum atomic E-state index is 0.346. The van der Waals surface area contributed by atoms with Crippen molar-refractivity contribution in [1.82, 2.24) is 14.6 Å². The predicted molar refractivity (Wildman–Crippen MR) is 136 cm³/mol. The Kier molecular flexibility index (Phi) is 5.67. The largest absolute Gasteiger partial charge is 0.496 e. The van der Waals surface area contributed by atoms with Crippen LogP contribution in [-0.4, -0.2) is 28.8 Å². The van der Waals surface area contributed by atoms with E-state index in [0.29, 0.717) is 45.3 Å². The van der Waals surface area contributed by atoms with E-state index in [0.717, 1.165) is 22.4 Å². The molecule has 0 atom stereocenters. The van der Waals surface area contributed by atoms with Gasteiger partial charge in [0.2, 0.25) is 4.96 Å². The van der Waals surface area contributed by atoms with Crippen molar-refractivity contribution in [2.45, 2.75) is 6.61 Å². The highest BCUT2D eigenvalue weighted by Gasteiger charge is 2.17. The van der Waals surface area contributed by atoms with Gasteiger partial charge >= 0.3 is 0 Å². The highest BCUT2D eigenvalue weighted by Crippen LogP contribution is 2.37. The van der Waals surface area contributed by atoms with Crippen molar-refractivity contribution in [2.24, 2.45) is 0 Å². The van der Waals surface area contributed by atoms with Gasteiger partial charge in [0, 0.05) is 12.1 Å². The van der Waals surface area contributed by atoms with Crippen molar-refractivity contribution in [3.8, 4) is 39.6 Å². The van der Waals surface area contributed by atoms with Gasteiger partial charge < -0.3 is 23.4 Å². The quantitative estimate of drug-likeness (QED) is 0.234. The average Bonchev–Trinajstić information content (AvgIpc) is 3.61. The summed E-state index contributed by atoms with van der Waals surface area (Å²) in [6, 6.07) is 23.1. The Labute approximate surface area is 210 Å². The van der Waals surface area contributed by atoms with Crippen LogP contribution < -0.4 is 18.9 Å². The second kappa shape index (κ2) is 9.27. The molecular formula is C27H21N3O5S. The highest BCUT2D eigenvalue weighted by molar-refractivity contribution is 7.18. The number of fused-ring (bicyclic) bond motifs is 2. The summed E-state index contributed by atoms with van der Waals surface area (Å²) < 4.78 is 30.6. The standard InChI is InChI=1S/C27H21N3O5S/c1-31-20-12-23(33-16-17-7-6-10-19(11-17)34-18-8-4-3-5-9-18)21-14-25(35-24(21)13-20)22-15-30-26(28-22)36-27(29-30)32-2/h3-15H,16H2,1-2H3. The third-order valence-electron chi connectivity index (χ3n) is 5.53. The minimum absolute atomic E-state index is 0.346. The van der Waals surface area contributed by atoms with Crippen molar-refractivity contribution >= 4 is 27.3 Å². The molecular weight excluding hydrogens is 478 g/mol. The molecule has 3 aromatic carbocycles. The van der Waals surface area contributed by atoms with Crippen LogP contribution in [-0.2, 0) is 6.61 Å². The van der Waals surface area contributed by atoms with E-state index in [1.807, 2.05) is 79.0 Å². The van der Waals surface area contributed by atoms with Crippen molar-refractivity contribution in [1.29, 1.82) is 0 Å². The average molecular weight is 500 g/mol. The number of nitrogens with zero attached hydrogens (tertiary/aromatic N) is 3. The zero-order valence-corrected chi connectivity index (χ0v) is 20.3. The van der Waals surface area contributed by atoms with Crippen LogP contribution in [0.4, 0.5) is 0 Å². The monoisotopic (exact) mass is 499 g/mol. The molecule has 6 rings (SSSR count). The summed E-state index contributed by atoms with van der Waals surface area (Å²) in [5.74, 6) is 3.42. The van der Waals surface area contributed by atoms with Crippen molar-refractivity contribution < 1.29 is 23.4 Å². The first-order valence-corrected chi connectivity index (χ1v) is 12.0. The summed E-state index contributed by atoms with van der Waals surface area (Å²) in [6.07, 6.45) is 1.81. The molecule has 36 heavy (non-hydrogen) atoms. The fraction of sp³-hybridized carbons (Fsp3) is 0.111. The molecule has 0 unspecified atom stereocenters. The molecule has 0 amide bonds. The molecule has 0 spiro atoms. The third-order valence-corrected chi connectivity index (χ3v) is 6.42. The number of aromatic nitrogens is 3. The van der Waals surface area contributed by atoms with Gasteiger partial charge in [-0.3, -0.25) is 0 Å². The predicted octanol–water partition coefficient (Wildman–Crippen LogP) is 6.59. The van der Waals surface area contributed by atoms with Gasteiger partial charge in [-0.25, -0.2) is 9.50 Å². The van der Waals surface area contributed by atoms with Gasteiger partial charge in [0.05, 0.1) is 25.8 Å². The molecule has 0 radical (unpaired) electrons. The Hall–Kier alpha value is -4.50. The van der Waals surface area contributed by atoms with Crippen molar-refractivity contribution in [2.75, 3.05) is 14.2 Å². The number of ether oxygens (including phenoxy) is 4. The van der Waals surface area contributed by atoms with E-state index in [2.05, 4.69) is 10.1 Å². The maximum Gasteiger partial charge on any atom is 0.294 e. The first-order valence-electron chi connectivity index (χ1n) is 11.2. The number of imidazole rings is 1. The van der Waals surface area contributed by atoms with Crippen LogP contribution in [0.15, 0.2) is 83.4 Å². The SMILES string of the molecule is COc1cc(OCc2cccc(Oc3ccccc3)c2)c2cc(-c3cn4nc(OC)sc4n3)oc2c1. The molecule has 0 saturated heterocycles. The molecule has 0 N–H and O–H groups in total. The van der Waals surface area contributed by atoms with E-state index in [1.54, 1.807) is 18.7 Å². The van der Waals surface area contributed by atoms with E-state index in [9.17, 15) is 0 Å². The van der Waals surface area contributed by atoms with Gasteiger partial charge in [0.25, 0.3) is 5.19 Å². The summed E-state index contributed by atoms with van der Waals surface area (Å²) in [6.45, 7) is 0.346. The second-order valence-corrected chi connectivity index (χ2v) is 8.84. The normalized spacial score (nSPS) is 11.2. The first kappa shape index (κ1) is 22.0. The summed E-state index contributed by atoms with van der Waals surface area (Å²) in [4.78, 5) is 5.33. The lowest BCUT2D eigenvalue weighted by Crippen LogP contribution is -1.97. The Morgan fingerprint density at radius 2 is 1.75 bits per heavy atom. The highest BCUT2D eigenvalue weighted by atomic mass is 32.1. The van der Waals surface area contributed by atoms with Crippen LogP contribution in [0.2, 0.25) is 0 Å². The number of para-hydroxylation sites is 1. The fourth-order valence-corrected chi connectivity index (χ4v) is 4.51. The number of methoxy groups -OCH3 is 2. The topological polar surface area (TPSA) is 80.2 Å². The number of furan rings is 1. The molecule has 3 heterocycles. The summed E-state index contributed by atoms with van der Waals surface area (Å²) in [5.41, 5.74) is 2.28. The van der Waals surface area contributed by atoms with Gasteiger partial charge in [-0.05, 0) is 47.2 Å². The molecule has 9 heteroatoms. The van der Waals surface area contributed by atoms with E-state index in [-0.39, 0.29) is 0 Å². The number of benzene rings is 3. The van der Waals surface area contributed by atoms with Gasteiger partial charge in [-0.15, -0.1) is 5.10 Å². The Balaban J connectivity index is 1.27. The zero-order chi connectivity index (χ0) is 24.5. The van der Waals surface area contributed by atoms with E-state index in [4.69, 9.17) is 23.4 Å². The lowest BCUT2D eigenvalue weighted by molar-refractivity contribution is 0.307. The molecule has 0 saturated carbocycles. The maximum atomic E-state index is 6.23. The van der Waals surface area contributed by atoms with Crippen LogP contribution >= 0.6 is 11.3 Å². The fourth-order valence-electron chi connectivity index (χ4n) is 3.81. The lowest BCUT2D eigenvalue weighted by Gasteiger charge is -2.11. The van der Waals surface area contributed by atoms with Crippen LogP contribution in [0.25, 0.3) is 27.4 Å². The van der Waals surface area contributed by atoms with Crippen molar-refractivity contribution in [3.05, 3.63) is 84.6 Å². The minimum Gasteiger partial charge on any atom is -0.496 e. The maximum absolute atomic E-state index is 6.23. The Morgan fingerprint density at radius 3 is 2.56 bits per heavy atom. The molecule has 3 aromatic heterocycles. The van der Waals surface area contributed by atoms with Gasteiger partial charge in [-0.2, -0.15) is 0 Å². The zero-order valence-electron chi connectivity index (χ0n) is 19.5. The van der Waals surface area contributed by atoms with E-state index >= 15 is 0 Å². The van der Waals surface area contributed by atoms with Crippen LogP contribution in [0.5, 0.6) is 28.2 Å². The lowest BCUT2D eigenvalue weighted by atomic mass is 10.2. The third kappa shape index (κ3) is 4.32. The van der Waals surface area contributed by atoms with Gasteiger partial charge in [0.1, 0.15) is 40.9 Å². The number of hydrogen-bond donors (Lipinski definition) is 0. The summed E-state index contributed by atoms with van der Waals surface area (Å²) in [5, 5.41) is 5.70. The molecule has 0 aliphatic rings. The molecule has 0 bridgehead atoms.